The predicted octanol–water partition coefficient (Wildman–Crippen LogP) is 5.88. The number of Topliss-reactive ketones (excluding diaryl/α,β-unsaturated/α-hetero) is 1. The van der Waals surface area contributed by atoms with Crippen molar-refractivity contribution in [1.82, 2.24) is 14.5 Å². The molecule has 208 valence electrons. The van der Waals surface area contributed by atoms with Crippen molar-refractivity contribution in [1.29, 1.82) is 0 Å². The zero-order valence-electron chi connectivity index (χ0n) is 22.7. The van der Waals surface area contributed by atoms with Crippen molar-refractivity contribution in [3.05, 3.63) is 89.9 Å². The minimum absolute atomic E-state index is 0.0118. The highest BCUT2D eigenvalue weighted by Crippen LogP contribution is 2.40. The van der Waals surface area contributed by atoms with Crippen molar-refractivity contribution < 1.29 is 28.6 Å². The van der Waals surface area contributed by atoms with E-state index in [0.29, 0.717) is 54.1 Å². The van der Waals surface area contributed by atoms with Crippen LogP contribution in [0.3, 0.4) is 0 Å². The molecular weight excluding hydrogens is 510 g/mol. The van der Waals surface area contributed by atoms with Gasteiger partial charge in [0.1, 0.15) is 5.75 Å². The SMILES string of the molecule is CCCCCOc1ccc(C2C(C(=O)c3cc4cccc(OC)c4o3)=C(O)C(=O)N2CCCn2ccnc2)cc1. The molecule has 1 amide bonds. The van der Waals surface area contributed by atoms with Gasteiger partial charge in [-0.25, -0.2) is 4.98 Å². The first-order valence-electron chi connectivity index (χ1n) is 13.6. The number of nitrogens with zero attached hydrogens (tertiary/aromatic N) is 3. The van der Waals surface area contributed by atoms with Gasteiger partial charge in [-0.15, -0.1) is 0 Å². The lowest BCUT2D eigenvalue weighted by molar-refractivity contribution is -0.129. The van der Waals surface area contributed by atoms with Crippen LogP contribution in [-0.4, -0.2) is 51.5 Å². The van der Waals surface area contributed by atoms with E-state index in [2.05, 4.69) is 11.9 Å². The number of hydrogen-bond acceptors (Lipinski definition) is 7. The van der Waals surface area contributed by atoms with Crippen molar-refractivity contribution >= 4 is 22.7 Å². The van der Waals surface area contributed by atoms with Gasteiger partial charge in [-0.1, -0.05) is 44.0 Å². The molecule has 40 heavy (non-hydrogen) atoms. The number of aliphatic hydroxyl groups is 1. The average molecular weight is 544 g/mol. The second-order valence-electron chi connectivity index (χ2n) is 9.76. The highest BCUT2D eigenvalue weighted by atomic mass is 16.5. The topological polar surface area (TPSA) is 107 Å². The van der Waals surface area contributed by atoms with E-state index < -0.39 is 23.5 Å². The number of rotatable bonds is 13. The Bertz CT molecular complexity index is 1500. The van der Waals surface area contributed by atoms with Crippen LogP contribution in [0.15, 0.2) is 83.0 Å². The number of carbonyl (C=O) groups excluding carboxylic acids is 2. The summed E-state index contributed by atoms with van der Waals surface area (Å²) >= 11 is 0. The van der Waals surface area contributed by atoms with Gasteiger partial charge in [0.15, 0.2) is 22.9 Å². The molecule has 0 bridgehead atoms. The number of fused-ring (bicyclic) bond motifs is 1. The van der Waals surface area contributed by atoms with Crippen LogP contribution in [0.25, 0.3) is 11.0 Å². The van der Waals surface area contributed by atoms with Crippen LogP contribution >= 0.6 is 0 Å². The molecule has 0 spiro atoms. The molecule has 2 aromatic heterocycles. The van der Waals surface area contributed by atoms with E-state index in [1.165, 1.54) is 7.11 Å². The number of aromatic nitrogens is 2. The summed E-state index contributed by atoms with van der Waals surface area (Å²) in [6, 6.07) is 13.5. The third-order valence-corrected chi connectivity index (χ3v) is 7.09. The molecule has 9 heteroatoms. The Balaban J connectivity index is 1.45. The van der Waals surface area contributed by atoms with Gasteiger partial charge >= 0.3 is 0 Å². The van der Waals surface area contributed by atoms with Gasteiger partial charge in [-0.3, -0.25) is 9.59 Å². The maximum atomic E-state index is 13.9. The largest absolute Gasteiger partial charge is 0.503 e. The number of aryl methyl sites for hydroxylation is 1. The zero-order valence-corrected chi connectivity index (χ0v) is 22.7. The van der Waals surface area contributed by atoms with Gasteiger partial charge in [0, 0.05) is 30.9 Å². The highest BCUT2D eigenvalue weighted by molar-refractivity contribution is 6.16. The molecule has 0 fully saturated rings. The first kappa shape index (κ1) is 27.1. The molecule has 2 aromatic carbocycles. The van der Waals surface area contributed by atoms with Crippen molar-refractivity contribution in [2.75, 3.05) is 20.3 Å². The maximum Gasteiger partial charge on any atom is 0.290 e. The summed E-state index contributed by atoms with van der Waals surface area (Å²) in [5, 5.41) is 11.7. The van der Waals surface area contributed by atoms with Crippen molar-refractivity contribution in [2.24, 2.45) is 0 Å². The third-order valence-electron chi connectivity index (χ3n) is 7.09. The van der Waals surface area contributed by atoms with E-state index in [0.717, 1.165) is 19.3 Å². The summed E-state index contributed by atoms with van der Waals surface area (Å²) in [5.41, 5.74) is 1.11. The van der Waals surface area contributed by atoms with E-state index >= 15 is 0 Å². The fraction of sp³-hybridized carbons (Fsp3) is 0.323. The number of ether oxygens (including phenoxy) is 2. The normalized spacial score (nSPS) is 15.3. The van der Waals surface area contributed by atoms with Gasteiger partial charge < -0.3 is 28.5 Å². The van der Waals surface area contributed by atoms with Crippen molar-refractivity contribution in [2.45, 2.75) is 45.2 Å². The summed E-state index contributed by atoms with van der Waals surface area (Å²) in [4.78, 5) is 32.8. The van der Waals surface area contributed by atoms with Crippen LogP contribution in [0.4, 0.5) is 0 Å². The third kappa shape index (κ3) is 5.45. The molecule has 9 nitrogen and oxygen atoms in total. The Morgan fingerprint density at radius 1 is 1.10 bits per heavy atom. The molecule has 1 atom stereocenters. The lowest BCUT2D eigenvalue weighted by atomic mass is 9.95. The summed E-state index contributed by atoms with van der Waals surface area (Å²) in [7, 11) is 1.53. The minimum Gasteiger partial charge on any atom is -0.503 e. The Morgan fingerprint density at radius 3 is 2.65 bits per heavy atom. The Labute approximate surface area is 232 Å². The number of methoxy groups -OCH3 is 1. The van der Waals surface area contributed by atoms with Gasteiger partial charge in [0.2, 0.25) is 5.78 Å². The van der Waals surface area contributed by atoms with E-state index in [-0.39, 0.29) is 11.3 Å². The van der Waals surface area contributed by atoms with Gasteiger partial charge in [0.25, 0.3) is 5.91 Å². The molecule has 1 unspecified atom stereocenters. The number of benzene rings is 2. The van der Waals surface area contributed by atoms with Crippen LogP contribution in [0.1, 0.15) is 54.8 Å². The lowest BCUT2D eigenvalue weighted by Crippen LogP contribution is -2.32. The molecule has 0 saturated carbocycles. The second kappa shape index (κ2) is 12.1. The molecule has 5 rings (SSSR count). The summed E-state index contributed by atoms with van der Waals surface area (Å²) in [5.74, 6) is -0.482. The number of para-hydroxylation sites is 1. The number of furan rings is 1. The summed E-state index contributed by atoms with van der Waals surface area (Å²) in [6.45, 7) is 3.72. The molecule has 1 aliphatic heterocycles. The van der Waals surface area contributed by atoms with Gasteiger partial charge in [-0.2, -0.15) is 0 Å². The Morgan fingerprint density at radius 2 is 1.93 bits per heavy atom. The number of amides is 1. The number of ketones is 1. The Kier molecular flexibility index (Phi) is 8.19. The first-order chi connectivity index (χ1) is 19.5. The van der Waals surface area contributed by atoms with E-state index in [4.69, 9.17) is 13.9 Å². The molecule has 0 saturated heterocycles. The minimum atomic E-state index is -0.785. The number of imidazole rings is 1. The van der Waals surface area contributed by atoms with Crippen LogP contribution < -0.4 is 9.47 Å². The van der Waals surface area contributed by atoms with Crippen LogP contribution in [-0.2, 0) is 11.3 Å². The van der Waals surface area contributed by atoms with E-state index in [1.54, 1.807) is 35.6 Å². The fourth-order valence-electron chi connectivity index (χ4n) is 5.04. The molecule has 3 heterocycles. The molecule has 0 radical (unpaired) electrons. The van der Waals surface area contributed by atoms with E-state index in [1.807, 2.05) is 41.1 Å². The molecule has 1 aliphatic rings. The van der Waals surface area contributed by atoms with Crippen LogP contribution in [0, 0.1) is 0 Å². The number of hydrogen-bond donors (Lipinski definition) is 1. The molecular formula is C31H33N3O6. The number of aliphatic hydroxyl groups excluding tert-OH is 1. The fourth-order valence-corrected chi connectivity index (χ4v) is 5.04. The quantitative estimate of drug-likeness (QED) is 0.166. The average Bonchev–Trinajstić information content (AvgIpc) is 3.71. The monoisotopic (exact) mass is 543 g/mol. The summed E-state index contributed by atoms with van der Waals surface area (Å²) < 4.78 is 19.0. The lowest BCUT2D eigenvalue weighted by Gasteiger charge is -2.27. The smallest absolute Gasteiger partial charge is 0.290 e. The first-order valence-corrected chi connectivity index (χ1v) is 13.6. The standard InChI is InChI=1S/C31H33N3O6/c1-3-4-5-18-39-23-12-10-21(11-13-23)27-26(28(35)25-19-22-8-6-9-24(38-2)30(22)40-25)29(36)31(37)34(27)16-7-15-33-17-14-32-20-33/h6,8-14,17,19-20,27,36H,3-5,7,15-16,18H2,1-2H3. The van der Waals surface area contributed by atoms with Gasteiger partial charge in [-0.05, 0) is 42.7 Å². The summed E-state index contributed by atoms with van der Waals surface area (Å²) in [6.07, 6.45) is 9.04. The molecule has 4 aromatic rings. The Hall–Kier alpha value is -4.53. The maximum absolute atomic E-state index is 13.9. The number of unbranched alkanes of at least 4 members (excludes halogenated alkanes) is 2. The van der Waals surface area contributed by atoms with Crippen molar-refractivity contribution in [3.63, 3.8) is 0 Å². The van der Waals surface area contributed by atoms with E-state index in [9.17, 15) is 14.7 Å². The van der Waals surface area contributed by atoms with Gasteiger partial charge in [0.05, 0.1) is 31.7 Å². The van der Waals surface area contributed by atoms with Crippen LogP contribution in [0.5, 0.6) is 11.5 Å². The number of carbonyl (C=O) groups is 2. The zero-order chi connectivity index (χ0) is 28.1. The molecule has 1 N–H and O–H groups in total. The molecule has 0 aliphatic carbocycles. The van der Waals surface area contributed by atoms with Crippen molar-refractivity contribution in [3.8, 4) is 11.5 Å². The second-order valence-corrected chi connectivity index (χ2v) is 9.76. The van der Waals surface area contributed by atoms with Crippen LogP contribution in [0.2, 0.25) is 0 Å². The highest BCUT2D eigenvalue weighted by Gasteiger charge is 2.44. The predicted molar refractivity (Wildman–Crippen MR) is 150 cm³/mol.